The summed E-state index contributed by atoms with van der Waals surface area (Å²) < 4.78 is 26.5. The van der Waals surface area contributed by atoms with Crippen molar-refractivity contribution in [3.05, 3.63) is 70.8 Å². The van der Waals surface area contributed by atoms with Gasteiger partial charge in [0.1, 0.15) is 11.6 Å². The van der Waals surface area contributed by atoms with Gasteiger partial charge in [-0.05, 0) is 30.7 Å². The maximum atomic E-state index is 13.5. The third-order valence-corrected chi connectivity index (χ3v) is 3.07. The minimum absolute atomic E-state index is 0.0262. The van der Waals surface area contributed by atoms with E-state index in [0.717, 1.165) is 29.3 Å². The molecule has 1 unspecified atom stereocenters. The monoisotopic (exact) mass is 277 g/mol. The van der Waals surface area contributed by atoms with Crippen LogP contribution >= 0.6 is 0 Å². The summed E-state index contributed by atoms with van der Waals surface area (Å²) in [4.78, 5) is 0. The molecule has 20 heavy (non-hydrogen) atoms. The van der Waals surface area contributed by atoms with Crippen molar-refractivity contribution in [1.82, 2.24) is 5.32 Å². The summed E-state index contributed by atoms with van der Waals surface area (Å²) in [5.74, 6) is -1.16. The average Bonchev–Trinajstić information content (AvgIpc) is 2.41. The van der Waals surface area contributed by atoms with E-state index >= 15 is 0 Å². The Morgan fingerprint density at radius 1 is 1.15 bits per heavy atom. The van der Waals surface area contributed by atoms with Crippen LogP contribution < -0.4 is 5.32 Å². The zero-order valence-electron chi connectivity index (χ0n) is 11.2. The summed E-state index contributed by atoms with van der Waals surface area (Å²) in [6.07, 6.45) is -1.07. The van der Waals surface area contributed by atoms with E-state index in [1.54, 1.807) is 0 Å². The number of aliphatic hydroxyl groups excluding tert-OH is 1. The van der Waals surface area contributed by atoms with Crippen molar-refractivity contribution in [3.8, 4) is 0 Å². The average molecular weight is 277 g/mol. The highest BCUT2D eigenvalue weighted by Gasteiger charge is 2.13. The van der Waals surface area contributed by atoms with E-state index in [2.05, 4.69) is 5.32 Å². The quantitative estimate of drug-likeness (QED) is 0.880. The lowest BCUT2D eigenvalue weighted by Crippen LogP contribution is -2.21. The first-order valence-corrected chi connectivity index (χ1v) is 6.45. The van der Waals surface area contributed by atoms with Crippen LogP contribution in [0.1, 0.15) is 22.8 Å². The number of hydrogen-bond donors (Lipinski definition) is 2. The fourth-order valence-electron chi connectivity index (χ4n) is 2.06. The lowest BCUT2D eigenvalue weighted by molar-refractivity contribution is 0.169. The molecule has 0 bridgehead atoms. The van der Waals surface area contributed by atoms with Crippen LogP contribution in [0.5, 0.6) is 0 Å². The minimum Gasteiger partial charge on any atom is -0.387 e. The summed E-state index contributed by atoms with van der Waals surface area (Å²) in [6, 6.07) is 11.0. The van der Waals surface area contributed by atoms with Gasteiger partial charge in [0.25, 0.3) is 0 Å². The second-order valence-electron chi connectivity index (χ2n) is 4.80. The summed E-state index contributed by atoms with van der Waals surface area (Å²) in [5.41, 5.74) is 2.21. The Balaban J connectivity index is 1.92. The molecule has 2 rings (SSSR count). The van der Waals surface area contributed by atoms with E-state index in [9.17, 15) is 13.9 Å². The highest BCUT2D eigenvalue weighted by atomic mass is 19.1. The van der Waals surface area contributed by atoms with Gasteiger partial charge in [0.2, 0.25) is 0 Å². The van der Waals surface area contributed by atoms with Crippen LogP contribution in [-0.2, 0) is 6.54 Å². The molecule has 0 spiro atoms. The molecule has 0 aliphatic rings. The predicted molar refractivity (Wildman–Crippen MR) is 74.2 cm³/mol. The Morgan fingerprint density at radius 2 is 1.95 bits per heavy atom. The summed E-state index contributed by atoms with van der Waals surface area (Å²) in [5, 5.41) is 12.9. The molecule has 0 saturated carbocycles. The molecular formula is C16H17F2NO. The standard InChI is InChI=1S/C16H17F2NO/c1-11-3-2-4-12(7-11)9-19-10-16(20)14-8-13(17)5-6-15(14)18/h2-8,16,19-20H,9-10H2,1H3. The van der Waals surface area contributed by atoms with Crippen molar-refractivity contribution >= 4 is 0 Å². The summed E-state index contributed by atoms with van der Waals surface area (Å²) >= 11 is 0. The van der Waals surface area contributed by atoms with Crippen LogP contribution in [0.4, 0.5) is 8.78 Å². The van der Waals surface area contributed by atoms with Gasteiger partial charge in [0.05, 0.1) is 6.10 Å². The minimum atomic E-state index is -1.07. The first-order chi connectivity index (χ1) is 9.56. The van der Waals surface area contributed by atoms with Gasteiger partial charge in [0, 0.05) is 18.7 Å². The number of hydrogen-bond acceptors (Lipinski definition) is 2. The van der Waals surface area contributed by atoms with Crippen LogP contribution in [0.15, 0.2) is 42.5 Å². The Bertz CT molecular complexity index is 586. The first kappa shape index (κ1) is 14.6. The van der Waals surface area contributed by atoms with E-state index in [0.29, 0.717) is 6.54 Å². The predicted octanol–water partition coefficient (Wildman–Crippen LogP) is 3.10. The van der Waals surface area contributed by atoms with E-state index in [1.807, 2.05) is 31.2 Å². The van der Waals surface area contributed by atoms with Crippen LogP contribution in [0.3, 0.4) is 0 Å². The van der Waals surface area contributed by atoms with E-state index in [4.69, 9.17) is 0 Å². The van der Waals surface area contributed by atoms with Gasteiger partial charge < -0.3 is 10.4 Å². The lowest BCUT2D eigenvalue weighted by atomic mass is 10.1. The largest absolute Gasteiger partial charge is 0.387 e. The van der Waals surface area contributed by atoms with Gasteiger partial charge in [-0.25, -0.2) is 8.78 Å². The normalized spacial score (nSPS) is 12.4. The van der Waals surface area contributed by atoms with Crippen LogP contribution in [0, 0.1) is 18.6 Å². The van der Waals surface area contributed by atoms with Gasteiger partial charge in [-0.15, -0.1) is 0 Å². The highest BCUT2D eigenvalue weighted by Crippen LogP contribution is 2.17. The molecule has 0 fully saturated rings. The van der Waals surface area contributed by atoms with Gasteiger partial charge in [-0.2, -0.15) is 0 Å². The molecule has 1 atom stereocenters. The first-order valence-electron chi connectivity index (χ1n) is 6.45. The van der Waals surface area contributed by atoms with E-state index in [1.165, 1.54) is 0 Å². The van der Waals surface area contributed by atoms with Crippen molar-refractivity contribution in [2.45, 2.75) is 19.6 Å². The second kappa shape index (κ2) is 6.59. The molecule has 2 aromatic carbocycles. The van der Waals surface area contributed by atoms with Crippen LogP contribution in [0.25, 0.3) is 0 Å². The molecule has 4 heteroatoms. The SMILES string of the molecule is Cc1cccc(CNCC(O)c2cc(F)ccc2F)c1. The maximum absolute atomic E-state index is 13.5. The molecule has 2 nitrogen and oxygen atoms in total. The molecule has 0 radical (unpaired) electrons. The topological polar surface area (TPSA) is 32.3 Å². The van der Waals surface area contributed by atoms with Crippen LogP contribution in [0.2, 0.25) is 0 Å². The van der Waals surface area contributed by atoms with E-state index < -0.39 is 17.7 Å². The van der Waals surface area contributed by atoms with Crippen LogP contribution in [-0.4, -0.2) is 11.7 Å². The van der Waals surface area contributed by atoms with Gasteiger partial charge in [0.15, 0.2) is 0 Å². The summed E-state index contributed by atoms with van der Waals surface area (Å²) in [7, 11) is 0. The fraction of sp³-hybridized carbons (Fsp3) is 0.250. The van der Waals surface area contributed by atoms with E-state index in [-0.39, 0.29) is 12.1 Å². The molecule has 0 amide bonds. The van der Waals surface area contributed by atoms with Crippen molar-refractivity contribution in [2.75, 3.05) is 6.54 Å². The number of halogens is 2. The molecule has 2 N–H and O–H groups in total. The highest BCUT2D eigenvalue weighted by molar-refractivity contribution is 5.23. The number of aliphatic hydroxyl groups is 1. The Hall–Kier alpha value is -1.78. The van der Waals surface area contributed by atoms with Crippen molar-refractivity contribution < 1.29 is 13.9 Å². The van der Waals surface area contributed by atoms with Gasteiger partial charge in [-0.1, -0.05) is 29.8 Å². The van der Waals surface area contributed by atoms with Gasteiger partial charge in [-0.3, -0.25) is 0 Å². The fourth-order valence-corrected chi connectivity index (χ4v) is 2.06. The molecule has 0 saturated heterocycles. The maximum Gasteiger partial charge on any atom is 0.129 e. The molecule has 0 aliphatic carbocycles. The zero-order chi connectivity index (χ0) is 14.5. The van der Waals surface area contributed by atoms with Gasteiger partial charge >= 0.3 is 0 Å². The zero-order valence-corrected chi connectivity index (χ0v) is 11.2. The Morgan fingerprint density at radius 3 is 2.70 bits per heavy atom. The smallest absolute Gasteiger partial charge is 0.129 e. The molecule has 106 valence electrons. The molecule has 0 heterocycles. The molecule has 2 aromatic rings. The molecular weight excluding hydrogens is 260 g/mol. The number of rotatable bonds is 5. The number of aryl methyl sites for hydroxylation is 1. The Labute approximate surface area is 117 Å². The second-order valence-corrected chi connectivity index (χ2v) is 4.80. The van der Waals surface area contributed by atoms with Crippen molar-refractivity contribution in [2.24, 2.45) is 0 Å². The Kier molecular flexibility index (Phi) is 4.82. The molecule has 0 aliphatic heterocycles. The number of benzene rings is 2. The van der Waals surface area contributed by atoms with Crippen molar-refractivity contribution in [1.29, 1.82) is 0 Å². The number of nitrogens with one attached hydrogen (secondary N) is 1. The van der Waals surface area contributed by atoms with Crippen molar-refractivity contribution in [3.63, 3.8) is 0 Å². The lowest BCUT2D eigenvalue weighted by Gasteiger charge is -2.13. The third kappa shape index (κ3) is 3.85. The third-order valence-electron chi connectivity index (χ3n) is 3.07. The molecule has 0 aromatic heterocycles. The summed E-state index contributed by atoms with van der Waals surface area (Å²) in [6.45, 7) is 2.73.